The molecular formula is C5H15NO6S. The first-order valence-electron chi connectivity index (χ1n) is 3.19. The minimum atomic E-state index is -4.67. The van der Waals surface area contributed by atoms with Crippen LogP contribution in [0, 0.1) is 0 Å². The molecule has 0 aromatic rings. The summed E-state index contributed by atoms with van der Waals surface area (Å²) in [6.45, 7) is 1.98. The van der Waals surface area contributed by atoms with Gasteiger partial charge in [-0.3, -0.25) is 13.9 Å². The number of aliphatic carboxylic acids is 1. The van der Waals surface area contributed by atoms with E-state index in [-0.39, 0.29) is 6.15 Å². The Morgan fingerprint density at radius 2 is 1.62 bits per heavy atom. The SMILES string of the molecule is CCCCC(=O)O.N.O=S(=O)(O)O. The van der Waals surface area contributed by atoms with Crippen molar-refractivity contribution >= 4 is 16.4 Å². The number of unbranched alkanes of at least 4 members (excludes halogenated alkanes) is 1. The maximum atomic E-state index is 9.76. The summed E-state index contributed by atoms with van der Waals surface area (Å²) in [4.78, 5) is 9.76. The van der Waals surface area contributed by atoms with Gasteiger partial charge in [0, 0.05) is 6.42 Å². The number of hydrogen-bond donors (Lipinski definition) is 4. The van der Waals surface area contributed by atoms with E-state index in [1.54, 1.807) is 0 Å². The van der Waals surface area contributed by atoms with Gasteiger partial charge < -0.3 is 11.3 Å². The highest BCUT2D eigenvalue weighted by Crippen LogP contribution is 1.91. The molecule has 7 nitrogen and oxygen atoms in total. The molecule has 0 spiro atoms. The Hall–Kier alpha value is -0.700. The molecule has 0 unspecified atom stereocenters. The Labute approximate surface area is 76.9 Å². The minimum Gasteiger partial charge on any atom is -0.481 e. The number of hydrogen-bond acceptors (Lipinski definition) is 4. The van der Waals surface area contributed by atoms with Gasteiger partial charge in [-0.2, -0.15) is 8.42 Å². The van der Waals surface area contributed by atoms with Crippen LogP contribution in [0.3, 0.4) is 0 Å². The van der Waals surface area contributed by atoms with Crippen LogP contribution in [-0.2, 0) is 15.2 Å². The van der Waals surface area contributed by atoms with Crippen molar-refractivity contribution in [1.29, 1.82) is 0 Å². The first kappa shape index (κ1) is 18.2. The second kappa shape index (κ2) is 9.39. The average Bonchev–Trinajstić information content (AvgIpc) is 1.79. The van der Waals surface area contributed by atoms with E-state index in [0.717, 1.165) is 12.8 Å². The average molecular weight is 217 g/mol. The Balaban J connectivity index is -0.000000150. The maximum absolute atomic E-state index is 9.76. The lowest BCUT2D eigenvalue weighted by Crippen LogP contribution is -1.91. The summed E-state index contributed by atoms with van der Waals surface area (Å²) in [5.74, 6) is -0.693. The fourth-order valence-electron chi connectivity index (χ4n) is 0.328. The smallest absolute Gasteiger partial charge is 0.394 e. The van der Waals surface area contributed by atoms with Gasteiger partial charge in [0.1, 0.15) is 0 Å². The molecule has 0 bridgehead atoms. The molecule has 0 saturated heterocycles. The molecule has 0 aliphatic rings. The van der Waals surface area contributed by atoms with Gasteiger partial charge in [-0.25, -0.2) is 0 Å². The quantitative estimate of drug-likeness (QED) is 0.510. The van der Waals surface area contributed by atoms with Gasteiger partial charge in [-0.05, 0) is 6.42 Å². The van der Waals surface area contributed by atoms with Crippen molar-refractivity contribution in [3.63, 3.8) is 0 Å². The molecule has 0 aromatic carbocycles. The number of carboxylic acids is 1. The third-order valence-corrected chi connectivity index (χ3v) is 0.744. The van der Waals surface area contributed by atoms with Crippen LogP contribution < -0.4 is 6.15 Å². The minimum absolute atomic E-state index is 0. The molecule has 0 rings (SSSR count). The van der Waals surface area contributed by atoms with Gasteiger partial charge in [0.2, 0.25) is 0 Å². The van der Waals surface area contributed by atoms with Gasteiger partial charge in [-0.1, -0.05) is 13.3 Å². The highest BCUT2D eigenvalue weighted by atomic mass is 32.3. The molecule has 13 heavy (non-hydrogen) atoms. The summed E-state index contributed by atoms with van der Waals surface area (Å²) >= 11 is 0. The third kappa shape index (κ3) is 89.7. The van der Waals surface area contributed by atoms with E-state index in [0.29, 0.717) is 6.42 Å². The standard InChI is InChI=1S/C5H10O2.H3N.H2O4S/c1-2-3-4-5(6)7;;1-5(2,3)4/h2-4H2,1H3,(H,6,7);1H3;(H2,1,2,3,4). The fraction of sp³-hybridized carbons (Fsp3) is 0.800. The topological polar surface area (TPSA) is 147 Å². The van der Waals surface area contributed by atoms with E-state index < -0.39 is 16.4 Å². The highest BCUT2D eigenvalue weighted by molar-refractivity contribution is 7.79. The van der Waals surface area contributed by atoms with Crippen LogP contribution in [0.5, 0.6) is 0 Å². The lowest BCUT2D eigenvalue weighted by Gasteiger charge is -1.85. The highest BCUT2D eigenvalue weighted by Gasteiger charge is 1.90. The van der Waals surface area contributed by atoms with Crippen molar-refractivity contribution in [2.75, 3.05) is 0 Å². The molecule has 0 atom stereocenters. The Morgan fingerprint density at radius 3 is 1.69 bits per heavy atom. The third-order valence-electron chi connectivity index (χ3n) is 0.744. The molecular weight excluding hydrogens is 202 g/mol. The molecule has 0 fully saturated rings. The normalized spacial score (nSPS) is 9.15. The van der Waals surface area contributed by atoms with Crippen molar-refractivity contribution in [2.24, 2.45) is 0 Å². The Morgan fingerprint density at radius 1 is 1.31 bits per heavy atom. The summed E-state index contributed by atoms with van der Waals surface area (Å²) < 4.78 is 31.6. The van der Waals surface area contributed by atoms with Gasteiger partial charge in [0.15, 0.2) is 0 Å². The summed E-state index contributed by atoms with van der Waals surface area (Å²) in [6.07, 6.45) is 2.08. The fourth-order valence-corrected chi connectivity index (χ4v) is 0.328. The van der Waals surface area contributed by atoms with Crippen molar-refractivity contribution < 1.29 is 27.4 Å². The second-order valence-electron chi connectivity index (χ2n) is 1.95. The summed E-state index contributed by atoms with van der Waals surface area (Å²) in [5, 5.41) is 8.04. The molecule has 0 saturated carbocycles. The summed E-state index contributed by atoms with van der Waals surface area (Å²) in [7, 11) is -4.67. The van der Waals surface area contributed by atoms with E-state index in [2.05, 4.69) is 0 Å². The molecule has 0 radical (unpaired) electrons. The van der Waals surface area contributed by atoms with Crippen molar-refractivity contribution in [1.82, 2.24) is 6.15 Å². The van der Waals surface area contributed by atoms with Gasteiger partial charge in [0.05, 0.1) is 0 Å². The van der Waals surface area contributed by atoms with Gasteiger partial charge in [0.25, 0.3) is 0 Å². The monoisotopic (exact) mass is 217 g/mol. The first-order chi connectivity index (χ1) is 5.27. The van der Waals surface area contributed by atoms with E-state index >= 15 is 0 Å². The Kier molecular flexibility index (Phi) is 13.1. The molecule has 8 heteroatoms. The van der Waals surface area contributed by atoms with Crippen molar-refractivity contribution in [2.45, 2.75) is 26.2 Å². The predicted octanol–water partition coefficient (Wildman–Crippen LogP) is 0.770. The van der Waals surface area contributed by atoms with Gasteiger partial charge in [-0.15, -0.1) is 0 Å². The molecule has 0 aliphatic carbocycles. The lowest BCUT2D eigenvalue weighted by atomic mass is 10.3. The van der Waals surface area contributed by atoms with Crippen LogP contribution in [0.4, 0.5) is 0 Å². The molecule has 0 aromatic heterocycles. The molecule has 82 valence electrons. The molecule has 6 N–H and O–H groups in total. The molecule has 0 aliphatic heterocycles. The zero-order chi connectivity index (χ0) is 10.2. The van der Waals surface area contributed by atoms with Crippen LogP contribution in [0.1, 0.15) is 26.2 Å². The second-order valence-corrected chi connectivity index (χ2v) is 2.84. The number of carboxylic acid groups (broad SMARTS) is 1. The van der Waals surface area contributed by atoms with E-state index in [1.807, 2.05) is 6.92 Å². The summed E-state index contributed by atoms with van der Waals surface area (Å²) in [6, 6.07) is 0. The van der Waals surface area contributed by atoms with E-state index in [1.165, 1.54) is 0 Å². The van der Waals surface area contributed by atoms with Crippen LogP contribution in [0.25, 0.3) is 0 Å². The number of rotatable bonds is 3. The van der Waals surface area contributed by atoms with Crippen LogP contribution in [0.15, 0.2) is 0 Å². The molecule has 0 heterocycles. The maximum Gasteiger partial charge on any atom is 0.394 e. The van der Waals surface area contributed by atoms with Crippen LogP contribution in [-0.4, -0.2) is 28.6 Å². The molecule has 0 amide bonds. The van der Waals surface area contributed by atoms with E-state index in [4.69, 9.17) is 22.6 Å². The predicted molar refractivity (Wildman–Crippen MR) is 46.4 cm³/mol. The number of carbonyl (C=O) groups is 1. The summed E-state index contributed by atoms with van der Waals surface area (Å²) in [5.41, 5.74) is 0. The van der Waals surface area contributed by atoms with Crippen molar-refractivity contribution in [3.8, 4) is 0 Å². The first-order valence-corrected chi connectivity index (χ1v) is 4.58. The largest absolute Gasteiger partial charge is 0.481 e. The van der Waals surface area contributed by atoms with Crippen LogP contribution >= 0.6 is 0 Å². The zero-order valence-corrected chi connectivity index (χ0v) is 8.12. The van der Waals surface area contributed by atoms with Gasteiger partial charge >= 0.3 is 16.4 Å². The van der Waals surface area contributed by atoms with Crippen molar-refractivity contribution in [3.05, 3.63) is 0 Å². The van der Waals surface area contributed by atoms with E-state index in [9.17, 15) is 4.79 Å². The zero-order valence-electron chi connectivity index (χ0n) is 7.30. The van der Waals surface area contributed by atoms with Crippen LogP contribution in [0.2, 0.25) is 0 Å². The Bertz CT molecular complexity index is 203. The lowest BCUT2D eigenvalue weighted by molar-refractivity contribution is -0.137.